The number of ether oxygens (including phenoxy) is 3. The number of hydrogen-bond acceptors (Lipinski definition) is 8. The lowest BCUT2D eigenvalue weighted by Gasteiger charge is -2.10. The second kappa shape index (κ2) is 11.6. The van der Waals surface area contributed by atoms with E-state index in [4.69, 9.17) is 23.7 Å². The van der Waals surface area contributed by atoms with Crippen LogP contribution in [0.4, 0.5) is 0 Å². The van der Waals surface area contributed by atoms with Gasteiger partial charge in [0.25, 0.3) is 0 Å². The Hall–Kier alpha value is -3.92. The van der Waals surface area contributed by atoms with E-state index >= 15 is 0 Å². The number of carboxylic acid groups (broad SMARTS) is 1. The minimum absolute atomic E-state index is 0.0407. The average Bonchev–Trinajstić information content (AvgIpc) is 3.31. The molecule has 10 heteroatoms. The first-order valence-electron chi connectivity index (χ1n) is 9.70. The molecule has 2 N–H and O–H groups in total. The molecule has 0 saturated carbocycles. The monoisotopic (exact) mass is 470 g/mol. The zero-order chi connectivity index (χ0) is 23.6. The molecular weight excluding hydrogens is 448 g/mol. The van der Waals surface area contributed by atoms with Gasteiger partial charge in [0.05, 0.1) is 26.2 Å². The average molecular weight is 471 g/mol. The molecule has 0 saturated heterocycles. The summed E-state index contributed by atoms with van der Waals surface area (Å²) in [4.78, 5) is 23.8. The van der Waals surface area contributed by atoms with Gasteiger partial charge in [-0.3, -0.25) is 4.79 Å². The van der Waals surface area contributed by atoms with E-state index in [1.165, 1.54) is 37.2 Å². The van der Waals surface area contributed by atoms with Crippen molar-refractivity contribution in [2.75, 3.05) is 20.0 Å². The first-order chi connectivity index (χ1) is 16.0. The SMILES string of the molecule is COc1ccc(SCC(=O)NN=Cc2ccc(OCc3ccc(C(=O)O)o3)c(OC)c2)cc1. The number of hydrogen-bond donors (Lipinski definition) is 2. The van der Waals surface area contributed by atoms with Gasteiger partial charge < -0.3 is 23.7 Å². The van der Waals surface area contributed by atoms with Gasteiger partial charge in [-0.2, -0.15) is 5.10 Å². The fourth-order valence-electron chi connectivity index (χ4n) is 2.63. The maximum atomic E-state index is 12.0. The van der Waals surface area contributed by atoms with E-state index in [0.717, 1.165) is 10.6 Å². The summed E-state index contributed by atoms with van der Waals surface area (Å²) in [5, 5.41) is 12.9. The Morgan fingerprint density at radius 3 is 2.52 bits per heavy atom. The predicted molar refractivity (Wildman–Crippen MR) is 122 cm³/mol. The molecule has 9 nitrogen and oxygen atoms in total. The van der Waals surface area contributed by atoms with Crippen LogP contribution in [0.2, 0.25) is 0 Å². The van der Waals surface area contributed by atoms with Crippen molar-refractivity contribution in [3.8, 4) is 17.2 Å². The molecule has 1 heterocycles. The topological polar surface area (TPSA) is 120 Å². The number of amides is 1. The number of carbonyl (C=O) groups excluding carboxylic acids is 1. The lowest BCUT2D eigenvalue weighted by atomic mass is 10.2. The number of carboxylic acids is 1. The predicted octanol–water partition coefficient (Wildman–Crippen LogP) is 3.82. The van der Waals surface area contributed by atoms with Gasteiger partial charge in [0.2, 0.25) is 11.7 Å². The summed E-state index contributed by atoms with van der Waals surface area (Å²) in [5.41, 5.74) is 3.18. The highest BCUT2D eigenvalue weighted by Gasteiger charge is 2.11. The van der Waals surface area contributed by atoms with Crippen molar-refractivity contribution in [3.63, 3.8) is 0 Å². The third-order valence-electron chi connectivity index (χ3n) is 4.26. The van der Waals surface area contributed by atoms with Gasteiger partial charge in [-0.25, -0.2) is 10.2 Å². The summed E-state index contributed by atoms with van der Waals surface area (Å²) < 4.78 is 21.3. The molecule has 1 aromatic heterocycles. The van der Waals surface area contributed by atoms with Crippen LogP contribution in [0.5, 0.6) is 17.2 Å². The van der Waals surface area contributed by atoms with Crippen LogP contribution in [0.25, 0.3) is 0 Å². The van der Waals surface area contributed by atoms with Crippen molar-refractivity contribution in [2.45, 2.75) is 11.5 Å². The van der Waals surface area contributed by atoms with Crippen LogP contribution in [0.15, 0.2) is 69.0 Å². The van der Waals surface area contributed by atoms with Crippen LogP contribution in [-0.4, -0.2) is 43.2 Å². The van der Waals surface area contributed by atoms with Crippen molar-refractivity contribution in [1.82, 2.24) is 5.43 Å². The Kier molecular flexibility index (Phi) is 8.36. The lowest BCUT2D eigenvalue weighted by Crippen LogP contribution is -2.19. The number of rotatable bonds is 11. The van der Waals surface area contributed by atoms with Gasteiger partial charge in [0.1, 0.15) is 18.1 Å². The van der Waals surface area contributed by atoms with Crippen molar-refractivity contribution in [3.05, 3.63) is 71.7 Å². The van der Waals surface area contributed by atoms with Crippen LogP contribution in [0.3, 0.4) is 0 Å². The molecule has 33 heavy (non-hydrogen) atoms. The molecule has 172 valence electrons. The molecule has 1 amide bonds. The van der Waals surface area contributed by atoms with Crippen LogP contribution < -0.4 is 19.6 Å². The molecule has 0 atom stereocenters. The molecule has 0 spiro atoms. The molecule has 0 fully saturated rings. The van der Waals surface area contributed by atoms with Crippen LogP contribution in [0, 0.1) is 0 Å². The Balaban J connectivity index is 1.50. The number of nitrogens with zero attached hydrogens (tertiary/aromatic N) is 1. The summed E-state index contributed by atoms with van der Waals surface area (Å²) in [7, 11) is 3.10. The number of aromatic carboxylic acids is 1. The second-order valence-corrected chi connectivity index (χ2v) is 7.58. The molecule has 0 radical (unpaired) electrons. The fraction of sp³-hybridized carbons (Fsp3) is 0.174. The van der Waals surface area contributed by atoms with Gasteiger partial charge in [-0.1, -0.05) is 0 Å². The fourth-order valence-corrected chi connectivity index (χ4v) is 3.33. The van der Waals surface area contributed by atoms with Crippen molar-refractivity contribution in [1.29, 1.82) is 0 Å². The number of carbonyl (C=O) groups is 2. The number of thioether (sulfide) groups is 1. The summed E-state index contributed by atoms with van der Waals surface area (Å²) >= 11 is 1.39. The Bertz CT molecular complexity index is 1130. The highest BCUT2D eigenvalue weighted by atomic mass is 32.2. The van der Waals surface area contributed by atoms with Gasteiger partial charge >= 0.3 is 5.97 Å². The second-order valence-electron chi connectivity index (χ2n) is 6.53. The van der Waals surface area contributed by atoms with Gasteiger partial charge in [-0.15, -0.1) is 11.8 Å². The smallest absolute Gasteiger partial charge is 0.371 e. The zero-order valence-electron chi connectivity index (χ0n) is 17.9. The quantitative estimate of drug-likeness (QED) is 0.247. The molecule has 0 bridgehead atoms. The molecule has 3 rings (SSSR count). The maximum absolute atomic E-state index is 12.0. The van der Waals surface area contributed by atoms with Crippen LogP contribution >= 0.6 is 11.8 Å². The van der Waals surface area contributed by atoms with E-state index in [2.05, 4.69) is 10.5 Å². The Labute approximate surface area is 194 Å². The molecule has 0 unspecified atom stereocenters. The summed E-state index contributed by atoms with van der Waals surface area (Å²) in [5.74, 6) is 0.705. The standard InChI is InChI=1S/C23H22N2O7S/c1-29-16-4-7-18(8-5-16)33-14-22(26)25-24-12-15-3-9-19(21(11-15)30-2)31-13-17-6-10-20(32-17)23(27)28/h3-12H,13-14H2,1-2H3,(H,25,26)(H,27,28). The third-order valence-corrected chi connectivity index (χ3v) is 5.27. The summed E-state index contributed by atoms with van der Waals surface area (Å²) in [6, 6.07) is 15.4. The van der Waals surface area contributed by atoms with Crippen molar-refractivity contribution >= 4 is 29.9 Å². The first kappa shape index (κ1) is 23.7. The minimum atomic E-state index is -1.14. The maximum Gasteiger partial charge on any atom is 0.371 e. The lowest BCUT2D eigenvalue weighted by molar-refractivity contribution is -0.118. The molecule has 0 aliphatic heterocycles. The van der Waals surface area contributed by atoms with Gasteiger partial charge in [0.15, 0.2) is 11.5 Å². The number of nitrogens with one attached hydrogen (secondary N) is 1. The highest BCUT2D eigenvalue weighted by Crippen LogP contribution is 2.28. The van der Waals surface area contributed by atoms with Crippen molar-refractivity contribution < 1.29 is 33.3 Å². The van der Waals surface area contributed by atoms with E-state index in [0.29, 0.717) is 22.8 Å². The van der Waals surface area contributed by atoms with Crippen LogP contribution in [-0.2, 0) is 11.4 Å². The highest BCUT2D eigenvalue weighted by molar-refractivity contribution is 8.00. The van der Waals surface area contributed by atoms with E-state index in [-0.39, 0.29) is 24.0 Å². The molecule has 2 aromatic carbocycles. The minimum Gasteiger partial charge on any atom is -0.497 e. The summed E-state index contributed by atoms with van der Waals surface area (Å²) in [6.07, 6.45) is 1.49. The van der Waals surface area contributed by atoms with Gasteiger partial charge in [0, 0.05) is 4.90 Å². The number of hydrazone groups is 1. The van der Waals surface area contributed by atoms with E-state index in [1.54, 1.807) is 25.3 Å². The Morgan fingerprint density at radius 2 is 1.85 bits per heavy atom. The van der Waals surface area contributed by atoms with Crippen LogP contribution in [0.1, 0.15) is 21.9 Å². The van der Waals surface area contributed by atoms with Gasteiger partial charge in [-0.05, 0) is 60.2 Å². The molecule has 0 aliphatic carbocycles. The normalized spacial score (nSPS) is 10.7. The van der Waals surface area contributed by atoms with E-state index < -0.39 is 5.97 Å². The Morgan fingerprint density at radius 1 is 1.06 bits per heavy atom. The van der Waals surface area contributed by atoms with E-state index in [9.17, 15) is 9.59 Å². The summed E-state index contributed by atoms with van der Waals surface area (Å²) in [6.45, 7) is 0.0407. The first-order valence-corrected chi connectivity index (χ1v) is 10.7. The molecule has 3 aromatic rings. The molecular formula is C23H22N2O7S. The van der Waals surface area contributed by atoms with E-state index in [1.807, 2.05) is 24.3 Å². The zero-order valence-corrected chi connectivity index (χ0v) is 18.8. The number of benzene rings is 2. The largest absolute Gasteiger partial charge is 0.497 e. The third kappa shape index (κ3) is 7.04. The molecule has 0 aliphatic rings. The number of methoxy groups -OCH3 is 2. The number of furan rings is 1. The van der Waals surface area contributed by atoms with Crippen molar-refractivity contribution in [2.24, 2.45) is 5.10 Å².